The van der Waals surface area contributed by atoms with Gasteiger partial charge in [0, 0.05) is 5.92 Å². The number of carboxylic acids is 1. The summed E-state index contributed by atoms with van der Waals surface area (Å²) in [6.07, 6.45) is -1.69. The molecule has 1 fully saturated rings. The fraction of sp³-hybridized carbons (Fsp3) is 0.846. The van der Waals surface area contributed by atoms with Crippen molar-refractivity contribution in [3.8, 4) is 0 Å². The third kappa shape index (κ3) is 5.76. The Morgan fingerprint density at radius 2 is 2.05 bits per heavy atom. The van der Waals surface area contributed by atoms with Crippen molar-refractivity contribution in [3.63, 3.8) is 0 Å². The molecule has 8 heteroatoms. The van der Waals surface area contributed by atoms with E-state index in [1.165, 1.54) is 11.8 Å². The molecule has 0 bridgehead atoms. The van der Waals surface area contributed by atoms with E-state index in [4.69, 9.17) is 5.11 Å². The number of hydrogen-bond donors (Lipinski definition) is 2. The van der Waals surface area contributed by atoms with E-state index in [9.17, 15) is 22.8 Å². The molecular weight excluding hydrogens is 307 g/mol. The Bertz CT molecular complexity index is 376. The van der Waals surface area contributed by atoms with Gasteiger partial charge in [-0.05, 0) is 37.7 Å². The first-order chi connectivity index (χ1) is 9.75. The Kier molecular flexibility index (Phi) is 6.83. The minimum atomic E-state index is -4.29. The van der Waals surface area contributed by atoms with Gasteiger partial charge in [-0.25, -0.2) is 4.79 Å². The monoisotopic (exact) mass is 327 g/mol. The van der Waals surface area contributed by atoms with E-state index >= 15 is 0 Å². The molecule has 0 aliphatic heterocycles. The zero-order valence-electron chi connectivity index (χ0n) is 11.8. The van der Waals surface area contributed by atoms with Crippen LogP contribution in [0.25, 0.3) is 0 Å². The zero-order chi connectivity index (χ0) is 16.0. The second-order valence-corrected chi connectivity index (χ2v) is 6.27. The topological polar surface area (TPSA) is 66.4 Å². The number of rotatable bonds is 6. The first-order valence-electron chi connectivity index (χ1n) is 6.84. The van der Waals surface area contributed by atoms with Crippen molar-refractivity contribution < 1.29 is 27.9 Å². The zero-order valence-corrected chi connectivity index (χ0v) is 12.6. The van der Waals surface area contributed by atoms with Gasteiger partial charge in [-0.2, -0.15) is 24.9 Å². The highest BCUT2D eigenvalue weighted by atomic mass is 32.2. The minimum absolute atomic E-state index is 0.0438. The quantitative estimate of drug-likeness (QED) is 0.787. The summed E-state index contributed by atoms with van der Waals surface area (Å²) in [5.41, 5.74) is 0. The number of halogens is 3. The van der Waals surface area contributed by atoms with Crippen LogP contribution in [0.4, 0.5) is 13.2 Å². The number of hydrogen-bond acceptors (Lipinski definition) is 3. The molecule has 1 saturated carbocycles. The molecule has 21 heavy (non-hydrogen) atoms. The van der Waals surface area contributed by atoms with Gasteiger partial charge in [0.1, 0.15) is 6.04 Å². The van der Waals surface area contributed by atoms with E-state index in [2.05, 4.69) is 5.32 Å². The number of nitrogens with one attached hydrogen (secondary N) is 1. The van der Waals surface area contributed by atoms with Crippen LogP contribution in [-0.2, 0) is 9.59 Å². The molecule has 0 heterocycles. The number of alkyl halides is 3. The van der Waals surface area contributed by atoms with Crippen molar-refractivity contribution in [1.29, 1.82) is 0 Å². The normalized spacial score (nSPS) is 24.4. The number of carbonyl (C=O) groups excluding carboxylic acids is 1. The summed E-state index contributed by atoms with van der Waals surface area (Å²) < 4.78 is 38.1. The molecule has 2 N–H and O–H groups in total. The summed E-state index contributed by atoms with van der Waals surface area (Å²) in [7, 11) is 0. The van der Waals surface area contributed by atoms with Gasteiger partial charge in [0.2, 0.25) is 5.91 Å². The summed E-state index contributed by atoms with van der Waals surface area (Å²) in [6.45, 7) is 0. The molecule has 2 unspecified atom stereocenters. The Morgan fingerprint density at radius 3 is 2.57 bits per heavy atom. The fourth-order valence-electron chi connectivity index (χ4n) is 2.51. The van der Waals surface area contributed by atoms with E-state index in [0.29, 0.717) is 18.6 Å². The second-order valence-electron chi connectivity index (χ2n) is 5.28. The molecule has 1 aliphatic rings. The lowest BCUT2D eigenvalue weighted by Gasteiger charge is -2.30. The van der Waals surface area contributed by atoms with Gasteiger partial charge in [0.05, 0.1) is 5.92 Å². The smallest absolute Gasteiger partial charge is 0.391 e. The third-order valence-corrected chi connectivity index (χ3v) is 4.38. The Balaban J connectivity index is 2.59. The van der Waals surface area contributed by atoms with Crippen molar-refractivity contribution in [2.45, 2.75) is 44.3 Å². The number of thioether (sulfide) groups is 1. The lowest BCUT2D eigenvalue weighted by molar-refractivity contribution is -0.186. The average Bonchev–Trinajstić information content (AvgIpc) is 2.42. The van der Waals surface area contributed by atoms with E-state index in [0.717, 1.165) is 0 Å². The Morgan fingerprint density at radius 1 is 1.38 bits per heavy atom. The molecule has 1 amide bonds. The van der Waals surface area contributed by atoms with Gasteiger partial charge in [0.25, 0.3) is 0 Å². The lowest BCUT2D eigenvalue weighted by Crippen LogP contribution is -2.45. The van der Waals surface area contributed by atoms with Crippen LogP contribution in [0.3, 0.4) is 0 Å². The Hall–Kier alpha value is -0.920. The Labute approximate surface area is 125 Å². The summed E-state index contributed by atoms with van der Waals surface area (Å²) >= 11 is 1.45. The van der Waals surface area contributed by atoms with Crippen molar-refractivity contribution in [3.05, 3.63) is 0 Å². The minimum Gasteiger partial charge on any atom is -0.480 e. The van der Waals surface area contributed by atoms with Crippen molar-refractivity contribution >= 4 is 23.6 Å². The van der Waals surface area contributed by atoms with E-state index in [-0.39, 0.29) is 19.3 Å². The maximum atomic E-state index is 12.7. The molecule has 3 atom stereocenters. The van der Waals surface area contributed by atoms with Crippen LogP contribution in [0.15, 0.2) is 0 Å². The molecular formula is C13H20F3NO3S. The first kappa shape index (κ1) is 18.1. The standard InChI is InChI=1S/C13H20F3NO3S/c1-21-6-5-10(12(19)20)17-11(18)8-3-2-4-9(7-8)13(14,15)16/h8-10H,2-7H2,1H3,(H,17,18)(H,19,20)/t8?,9?,10-/m1/s1. The predicted molar refractivity (Wildman–Crippen MR) is 74.1 cm³/mol. The first-order valence-corrected chi connectivity index (χ1v) is 8.24. The van der Waals surface area contributed by atoms with Gasteiger partial charge in [-0.15, -0.1) is 0 Å². The molecule has 0 radical (unpaired) electrons. The molecule has 4 nitrogen and oxygen atoms in total. The molecule has 1 aliphatic carbocycles. The van der Waals surface area contributed by atoms with Crippen LogP contribution in [0.1, 0.15) is 32.1 Å². The van der Waals surface area contributed by atoms with E-state index < -0.39 is 35.9 Å². The van der Waals surface area contributed by atoms with Crippen molar-refractivity contribution in [2.75, 3.05) is 12.0 Å². The number of aliphatic carboxylic acids is 1. The van der Waals surface area contributed by atoms with Gasteiger partial charge in [-0.3, -0.25) is 4.79 Å². The molecule has 0 saturated heterocycles. The predicted octanol–water partition coefficient (Wildman–Crippen LogP) is 2.68. The summed E-state index contributed by atoms with van der Waals surface area (Å²) in [5.74, 6) is -3.37. The summed E-state index contributed by atoms with van der Waals surface area (Å²) in [5, 5.41) is 11.4. The highest BCUT2D eigenvalue weighted by Gasteiger charge is 2.43. The molecule has 0 aromatic carbocycles. The van der Waals surface area contributed by atoms with Crippen LogP contribution in [0.2, 0.25) is 0 Å². The van der Waals surface area contributed by atoms with Crippen molar-refractivity contribution in [1.82, 2.24) is 5.32 Å². The summed E-state index contributed by atoms with van der Waals surface area (Å²) in [6, 6.07) is -1.03. The van der Waals surface area contributed by atoms with Crippen LogP contribution in [-0.4, -0.2) is 41.2 Å². The largest absolute Gasteiger partial charge is 0.480 e. The van der Waals surface area contributed by atoms with Gasteiger partial charge in [-0.1, -0.05) is 6.42 Å². The van der Waals surface area contributed by atoms with Crippen LogP contribution >= 0.6 is 11.8 Å². The molecule has 0 aromatic rings. The summed E-state index contributed by atoms with van der Waals surface area (Å²) in [4.78, 5) is 23.0. The maximum Gasteiger partial charge on any atom is 0.391 e. The van der Waals surface area contributed by atoms with Gasteiger partial charge >= 0.3 is 12.1 Å². The van der Waals surface area contributed by atoms with Crippen LogP contribution < -0.4 is 5.32 Å². The highest BCUT2D eigenvalue weighted by Crippen LogP contribution is 2.39. The lowest BCUT2D eigenvalue weighted by atomic mass is 9.80. The highest BCUT2D eigenvalue weighted by molar-refractivity contribution is 7.98. The van der Waals surface area contributed by atoms with E-state index in [1.54, 1.807) is 0 Å². The SMILES string of the molecule is CSCC[C@@H](NC(=O)C1CCCC(C(F)(F)F)C1)C(=O)O. The van der Waals surface area contributed by atoms with E-state index in [1.807, 2.05) is 6.26 Å². The molecule has 0 aromatic heterocycles. The molecule has 1 rings (SSSR count). The van der Waals surface area contributed by atoms with Gasteiger partial charge in [0.15, 0.2) is 0 Å². The number of amides is 1. The maximum absolute atomic E-state index is 12.7. The number of carbonyl (C=O) groups is 2. The molecule has 122 valence electrons. The second kappa shape index (κ2) is 7.91. The van der Waals surface area contributed by atoms with Crippen molar-refractivity contribution in [2.24, 2.45) is 11.8 Å². The number of carboxylic acid groups (broad SMARTS) is 1. The molecule has 0 spiro atoms. The van der Waals surface area contributed by atoms with Gasteiger partial charge < -0.3 is 10.4 Å². The van der Waals surface area contributed by atoms with Crippen LogP contribution in [0.5, 0.6) is 0 Å². The average molecular weight is 327 g/mol. The van der Waals surface area contributed by atoms with Crippen LogP contribution in [0, 0.1) is 11.8 Å². The fourth-order valence-corrected chi connectivity index (χ4v) is 2.98. The third-order valence-electron chi connectivity index (χ3n) is 3.73.